The molecule has 0 aliphatic carbocycles. The number of nitrogens with zero attached hydrogens (tertiary/aromatic N) is 1. The topological polar surface area (TPSA) is 46.6 Å². The summed E-state index contributed by atoms with van der Waals surface area (Å²) in [6, 6.07) is 16.3. The highest BCUT2D eigenvalue weighted by Crippen LogP contribution is 2.15. The molecule has 2 aromatic rings. The maximum atomic E-state index is 12.3. The van der Waals surface area contributed by atoms with Crippen LogP contribution >= 0.6 is 0 Å². The van der Waals surface area contributed by atoms with Gasteiger partial charge < -0.3 is 9.64 Å². The molecule has 0 aliphatic heterocycles. The molecule has 0 fully saturated rings. The van der Waals surface area contributed by atoms with Crippen LogP contribution in [0.1, 0.15) is 24.2 Å². The molecule has 114 valence electrons. The van der Waals surface area contributed by atoms with Crippen molar-refractivity contribution in [3.63, 3.8) is 0 Å². The van der Waals surface area contributed by atoms with Gasteiger partial charge in [-0.3, -0.25) is 9.59 Å². The number of likely N-dealkylation sites (N-methyl/N-ethyl adjacent to an activating group) is 1. The van der Waals surface area contributed by atoms with Crippen molar-refractivity contribution >= 4 is 17.4 Å². The first-order valence-corrected chi connectivity index (χ1v) is 7.21. The third kappa shape index (κ3) is 3.95. The van der Waals surface area contributed by atoms with Crippen molar-refractivity contribution in [2.75, 3.05) is 18.1 Å². The normalized spacial score (nSPS) is 10.1. The quantitative estimate of drug-likeness (QED) is 0.768. The van der Waals surface area contributed by atoms with Gasteiger partial charge in [0, 0.05) is 17.8 Å². The van der Waals surface area contributed by atoms with Crippen LogP contribution in [0.3, 0.4) is 0 Å². The van der Waals surface area contributed by atoms with E-state index in [4.69, 9.17) is 4.74 Å². The minimum atomic E-state index is -0.107. The Labute approximate surface area is 130 Å². The Hall–Kier alpha value is -2.62. The molecule has 4 nitrogen and oxygen atoms in total. The fourth-order valence-electron chi connectivity index (χ4n) is 2.12. The van der Waals surface area contributed by atoms with E-state index in [0.29, 0.717) is 17.9 Å². The summed E-state index contributed by atoms with van der Waals surface area (Å²) in [5, 5.41) is 0. The summed E-state index contributed by atoms with van der Waals surface area (Å²) in [6.07, 6.45) is 0. The second-order valence-corrected chi connectivity index (χ2v) is 4.84. The number of rotatable bonds is 6. The van der Waals surface area contributed by atoms with Gasteiger partial charge >= 0.3 is 0 Å². The third-order valence-corrected chi connectivity index (χ3v) is 3.31. The van der Waals surface area contributed by atoms with Gasteiger partial charge in [0.2, 0.25) is 0 Å². The number of carbonyl (C=O) groups is 2. The van der Waals surface area contributed by atoms with Gasteiger partial charge in [0.15, 0.2) is 12.4 Å². The highest BCUT2D eigenvalue weighted by molar-refractivity contribution is 5.95. The summed E-state index contributed by atoms with van der Waals surface area (Å²) in [5.41, 5.74) is 1.48. The Morgan fingerprint density at radius 1 is 1.00 bits per heavy atom. The number of hydrogen-bond acceptors (Lipinski definition) is 3. The lowest BCUT2D eigenvalue weighted by Crippen LogP contribution is -2.34. The summed E-state index contributed by atoms with van der Waals surface area (Å²) >= 11 is 0. The molecule has 0 spiro atoms. The molecule has 0 radical (unpaired) electrons. The fraction of sp³-hybridized carbons (Fsp3) is 0.222. The summed E-state index contributed by atoms with van der Waals surface area (Å²) in [5.74, 6) is 0.468. The van der Waals surface area contributed by atoms with E-state index >= 15 is 0 Å². The highest BCUT2D eigenvalue weighted by Gasteiger charge is 2.14. The van der Waals surface area contributed by atoms with Gasteiger partial charge in [-0.25, -0.2) is 0 Å². The molecule has 0 saturated heterocycles. The number of ether oxygens (including phenoxy) is 1. The summed E-state index contributed by atoms with van der Waals surface area (Å²) in [4.78, 5) is 25.1. The largest absolute Gasteiger partial charge is 0.484 e. The van der Waals surface area contributed by atoms with E-state index in [0.717, 1.165) is 5.69 Å². The number of ketones is 1. The number of Topliss-reactive ketones (excluding diaryl/α,β-unsaturated/α-hetero) is 1. The maximum absolute atomic E-state index is 12.3. The Morgan fingerprint density at radius 3 is 2.18 bits per heavy atom. The number of benzene rings is 2. The van der Waals surface area contributed by atoms with Gasteiger partial charge in [-0.15, -0.1) is 0 Å². The van der Waals surface area contributed by atoms with Crippen molar-refractivity contribution in [2.24, 2.45) is 0 Å². The SMILES string of the molecule is CCN(C(=O)COc1ccc(C(C)=O)cc1)c1ccccc1. The van der Waals surface area contributed by atoms with Crippen molar-refractivity contribution in [3.05, 3.63) is 60.2 Å². The number of anilines is 1. The predicted octanol–water partition coefficient (Wildman–Crippen LogP) is 3.32. The zero-order valence-corrected chi connectivity index (χ0v) is 12.8. The smallest absolute Gasteiger partial charge is 0.264 e. The van der Waals surface area contributed by atoms with Crippen molar-refractivity contribution in [1.82, 2.24) is 0 Å². The molecule has 1 amide bonds. The molecular weight excluding hydrogens is 278 g/mol. The van der Waals surface area contributed by atoms with Crippen LogP contribution in [0.4, 0.5) is 5.69 Å². The van der Waals surface area contributed by atoms with Crippen LogP contribution in [-0.2, 0) is 4.79 Å². The minimum Gasteiger partial charge on any atom is -0.484 e. The lowest BCUT2D eigenvalue weighted by molar-refractivity contribution is -0.120. The molecule has 0 aliphatic rings. The lowest BCUT2D eigenvalue weighted by atomic mass is 10.1. The zero-order valence-electron chi connectivity index (χ0n) is 12.8. The van der Waals surface area contributed by atoms with Gasteiger partial charge in [-0.1, -0.05) is 18.2 Å². The van der Waals surface area contributed by atoms with Crippen LogP contribution in [0.5, 0.6) is 5.75 Å². The fourth-order valence-corrected chi connectivity index (χ4v) is 2.12. The van der Waals surface area contributed by atoms with Gasteiger partial charge in [-0.2, -0.15) is 0 Å². The summed E-state index contributed by atoms with van der Waals surface area (Å²) in [6.45, 7) is 3.97. The second kappa shape index (κ2) is 7.41. The number of carbonyl (C=O) groups excluding carboxylic acids is 2. The Balaban J connectivity index is 1.98. The van der Waals surface area contributed by atoms with E-state index in [2.05, 4.69) is 0 Å². The number of amides is 1. The van der Waals surface area contributed by atoms with Crippen LogP contribution in [0.25, 0.3) is 0 Å². The summed E-state index contributed by atoms with van der Waals surface area (Å²) in [7, 11) is 0. The first-order chi connectivity index (χ1) is 10.6. The second-order valence-electron chi connectivity index (χ2n) is 4.84. The van der Waals surface area contributed by atoms with Crippen LogP contribution < -0.4 is 9.64 Å². The molecule has 0 aromatic heterocycles. The molecule has 0 unspecified atom stereocenters. The number of para-hydroxylation sites is 1. The molecule has 0 heterocycles. The van der Waals surface area contributed by atoms with E-state index in [1.165, 1.54) is 6.92 Å². The molecule has 0 atom stereocenters. The first kappa shape index (κ1) is 15.8. The van der Waals surface area contributed by atoms with Gasteiger partial charge in [-0.05, 0) is 50.2 Å². The van der Waals surface area contributed by atoms with E-state index < -0.39 is 0 Å². The highest BCUT2D eigenvalue weighted by atomic mass is 16.5. The predicted molar refractivity (Wildman–Crippen MR) is 86.4 cm³/mol. The molecular formula is C18H19NO3. The Morgan fingerprint density at radius 2 is 1.64 bits per heavy atom. The van der Waals surface area contributed by atoms with Gasteiger partial charge in [0.25, 0.3) is 5.91 Å². The number of hydrogen-bond donors (Lipinski definition) is 0. The lowest BCUT2D eigenvalue weighted by Gasteiger charge is -2.21. The third-order valence-electron chi connectivity index (χ3n) is 3.31. The van der Waals surface area contributed by atoms with E-state index in [-0.39, 0.29) is 18.3 Å². The monoisotopic (exact) mass is 297 g/mol. The van der Waals surface area contributed by atoms with Crippen molar-refractivity contribution in [3.8, 4) is 5.75 Å². The first-order valence-electron chi connectivity index (χ1n) is 7.21. The average Bonchev–Trinajstić information content (AvgIpc) is 2.55. The minimum absolute atomic E-state index is 0.00358. The van der Waals surface area contributed by atoms with Crippen molar-refractivity contribution in [1.29, 1.82) is 0 Å². The van der Waals surface area contributed by atoms with Crippen molar-refractivity contribution in [2.45, 2.75) is 13.8 Å². The standard InChI is InChI=1S/C18H19NO3/c1-3-19(16-7-5-4-6-8-16)18(21)13-22-17-11-9-15(10-12-17)14(2)20/h4-12H,3,13H2,1-2H3. The molecule has 2 aromatic carbocycles. The molecule has 22 heavy (non-hydrogen) atoms. The average molecular weight is 297 g/mol. The molecule has 0 bridgehead atoms. The Kier molecular flexibility index (Phi) is 5.31. The molecule has 4 heteroatoms. The molecule has 2 rings (SSSR count). The van der Waals surface area contributed by atoms with E-state index in [1.54, 1.807) is 29.2 Å². The van der Waals surface area contributed by atoms with Crippen LogP contribution in [0, 0.1) is 0 Å². The van der Waals surface area contributed by atoms with Gasteiger partial charge in [0.05, 0.1) is 0 Å². The maximum Gasteiger partial charge on any atom is 0.264 e. The molecule has 0 saturated carbocycles. The van der Waals surface area contributed by atoms with Crippen LogP contribution in [0.2, 0.25) is 0 Å². The van der Waals surface area contributed by atoms with Crippen LogP contribution in [-0.4, -0.2) is 24.8 Å². The summed E-state index contributed by atoms with van der Waals surface area (Å²) < 4.78 is 5.50. The van der Waals surface area contributed by atoms with Crippen molar-refractivity contribution < 1.29 is 14.3 Å². The van der Waals surface area contributed by atoms with E-state index in [1.807, 2.05) is 37.3 Å². The van der Waals surface area contributed by atoms with Crippen LogP contribution in [0.15, 0.2) is 54.6 Å². The molecule has 0 N–H and O–H groups in total. The Bertz CT molecular complexity index is 635. The van der Waals surface area contributed by atoms with E-state index in [9.17, 15) is 9.59 Å². The zero-order chi connectivity index (χ0) is 15.9. The van der Waals surface area contributed by atoms with Gasteiger partial charge in [0.1, 0.15) is 5.75 Å².